The second-order valence-corrected chi connectivity index (χ2v) is 6.33. The number of nitrogens with two attached hydrogens (primary N) is 2. The van der Waals surface area contributed by atoms with Crippen LogP contribution in [-0.2, 0) is 4.79 Å². The third kappa shape index (κ3) is 4.92. The minimum absolute atomic E-state index is 0.0768. The Labute approximate surface area is 154 Å². The molecule has 0 aromatic heterocycles. The van der Waals surface area contributed by atoms with Crippen molar-refractivity contribution in [1.29, 1.82) is 0 Å². The van der Waals surface area contributed by atoms with Gasteiger partial charge >= 0.3 is 6.03 Å². The van der Waals surface area contributed by atoms with E-state index in [0.717, 1.165) is 0 Å². The minimum Gasteiger partial charge on any atom is -0.351 e. The van der Waals surface area contributed by atoms with Crippen LogP contribution in [0.4, 0.5) is 9.18 Å². The highest BCUT2D eigenvalue weighted by Gasteiger charge is 2.29. The molecule has 0 aliphatic heterocycles. The van der Waals surface area contributed by atoms with E-state index in [9.17, 15) is 14.0 Å². The third-order valence-corrected chi connectivity index (χ3v) is 4.32. The van der Waals surface area contributed by atoms with Crippen LogP contribution in [-0.4, -0.2) is 11.9 Å². The Balaban J connectivity index is 2.31. The Bertz CT molecular complexity index is 787. The Morgan fingerprint density at radius 3 is 2.40 bits per heavy atom. The van der Waals surface area contributed by atoms with Crippen LogP contribution in [0.1, 0.15) is 30.1 Å². The molecule has 0 unspecified atom stereocenters. The number of carbonyl (C=O) groups is 2. The maximum atomic E-state index is 13.8. The number of halogens is 3. The lowest BCUT2D eigenvalue weighted by Crippen LogP contribution is -2.88. The normalized spacial score (nSPS) is 13.1. The van der Waals surface area contributed by atoms with Crippen LogP contribution in [0.2, 0.25) is 10.0 Å². The molecule has 2 aromatic carbocycles. The summed E-state index contributed by atoms with van der Waals surface area (Å²) >= 11 is 11.9. The monoisotopic (exact) mass is 384 g/mol. The largest absolute Gasteiger partial charge is 0.351 e. The highest BCUT2D eigenvalue weighted by atomic mass is 35.5. The van der Waals surface area contributed by atoms with Gasteiger partial charge < -0.3 is 11.1 Å². The summed E-state index contributed by atoms with van der Waals surface area (Å²) in [5.74, 6) is -1.17. The SMILES string of the molecule is C[C@H]([NH2+][C@@H](C(=O)NC(N)=O)c1ccccc1)c1cc(F)c(Cl)cc1Cl. The van der Waals surface area contributed by atoms with Gasteiger partial charge in [-0.3, -0.25) is 10.1 Å². The van der Waals surface area contributed by atoms with Gasteiger partial charge in [-0.25, -0.2) is 9.18 Å². The maximum absolute atomic E-state index is 13.8. The molecule has 0 saturated heterocycles. The molecular formula is C17H17Cl2FN3O2+. The lowest BCUT2D eigenvalue weighted by molar-refractivity contribution is -0.719. The summed E-state index contributed by atoms with van der Waals surface area (Å²) in [5, 5.41) is 3.95. The predicted molar refractivity (Wildman–Crippen MR) is 93.7 cm³/mol. The van der Waals surface area contributed by atoms with E-state index in [4.69, 9.17) is 28.9 Å². The van der Waals surface area contributed by atoms with Crippen LogP contribution < -0.4 is 16.4 Å². The maximum Gasteiger partial charge on any atom is 0.319 e. The van der Waals surface area contributed by atoms with Gasteiger partial charge in [0.25, 0.3) is 5.91 Å². The van der Waals surface area contributed by atoms with E-state index in [1.165, 1.54) is 12.1 Å². The number of primary amides is 1. The fourth-order valence-electron chi connectivity index (χ4n) is 2.49. The molecule has 8 heteroatoms. The van der Waals surface area contributed by atoms with Gasteiger partial charge in [0.1, 0.15) is 11.9 Å². The van der Waals surface area contributed by atoms with Crippen molar-refractivity contribution < 1.29 is 19.3 Å². The zero-order chi connectivity index (χ0) is 18.6. The number of nitrogens with one attached hydrogen (secondary N) is 1. The summed E-state index contributed by atoms with van der Waals surface area (Å²) < 4.78 is 13.8. The molecule has 5 nitrogen and oxygen atoms in total. The van der Waals surface area contributed by atoms with E-state index in [0.29, 0.717) is 11.1 Å². The van der Waals surface area contributed by atoms with Gasteiger partial charge in [-0.05, 0) is 19.1 Å². The van der Waals surface area contributed by atoms with Gasteiger partial charge in [-0.2, -0.15) is 0 Å². The quantitative estimate of drug-likeness (QED) is 0.691. The average Bonchev–Trinajstić information content (AvgIpc) is 2.55. The average molecular weight is 385 g/mol. The molecule has 5 N–H and O–H groups in total. The van der Waals surface area contributed by atoms with Crippen LogP contribution in [0.15, 0.2) is 42.5 Å². The second kappa shape index (κ2) is 8.29. The van der Waals surface area contributed by atoms with Gasteiger partial charge in [0.05, 0.1) is 10.0 Å². The van der Waals surface area contributed by atoms with E-state index in [-0.39, 0.29) is 16.1 Å². The number of imide groups is 1. The molecule has 0 aliphatic carbocycles. The Hall–Kier alpha value is -2.15. The first-order valence-corrected chi connectivity index (χ1v) is 8.20. The number of urea groups is 1. The molecule has 2 rings (SSSR count). The van der Waals surface area contributed by atoms with Crippen LogP contribution in [0.3, 0.4) is 0 Å². The van der Waals surface area contributed by atoms with Crippen molar-refractivity contribution >= 4 is 35.1 Å². The third-order valence-electron chi connectivity index (χ3n) is 3.70. The predicted octanol–water partition coefficient (Wildman–Crippen LogP) is 2.69. The molecule has 0 saturated carbocycles. The van der Waals surface area contributed by atoms with E-state index in [1.54, 1.807) is 42.6 Å². The Morgan fingerprint density at radius 1 is 1.16 bits per heavy atom. The van der Waals surface area contributed by atoms with E-state index < -0.39 is 23.8 Å². The summed E-state index contributed by atoms with van der Waals surface area (Å²) in [5.41, 5.74) is 6.19. The molecule has 0 fully saturated rings. The van der Waals surface area contributed by atoms with E-state index >= 15 is 0 Å². The van der Waals surface area contributed by atoms with Crippen molar-refractivity contribution in [1.82, 2.24) is 5.32 Å². The van der Waals surface area contributed by atoms with Crippen molar-refractivity contribution in [3.8, 4) is 0 Å². The first kappa shape index (κ1) is 19.2. The zero-order valence-electron chi connectivity index (χ0n) is 13.3. The van der Waals surface area contributed by atoms with Crippen LogP contribution in [0.25, 0.3) is 0 Å². The molecule has 0 aliphatic rings. The summed E-state index contributed by atoms with van der Waals surface area (Å²) in [4.78, 5) is 23.4. The standard InChI is InChI=1S/C17H16Cl2FN3O2/c1-9(11-7-14(20)13(19)8-12(11)18)22-15(16(24)23-17(21)25)10-5-3-2-4-6-10/h2-9,15,22H,1H3,(H3,21,23,24,25)/p+1/t9-,15+/m0/s1. The second-order valence-electron chi connectivity index (χ2n) is 5.51. The molecule has 0 radical (unpaired) electrons. The first-order chi connectivity index (χ1) is 11.8. The molecule has 3 amide bonds. The summed E-state index contributed by atoms with van der Waals surface area (Å²) in [7, 11) is 0. The number of benzene rings is 2. The summed E-state index contributed by atoms with van der Waals surface area (Å²) in [6.07, 6.45) is 0. The van der Waals surface area contributed by atoms with Crippen LogP contribution >= 0.6 is 23.2 Å². The van der Waals surface area contributed by atoms with Crippen molar-refractivity contribution in [2.75, 3.05) is 0 Å². The molecule has 0 spiro atoms. The topological polar surface area (TPSA) is 88.8 Å². The molecule has 2 atom stereocenters. The van der Waals surface area contributed by atoms with E-state index in [1.807, 2.05) is 0 Å². The summed E-state index contributed by atoms with van der Waals surface area (Å²) in [6, 6.07) is 9.31. The van der Waals surface area contributed by atoms with Gasteiger partial charge in [0, 0.05) is 11.1 Å². The highest BCUT2D eigenvalue weighted by Crippen LogP contribution is 2.27. The van der Waals surface area contributed by atoms with E-state index in [2.05, 4.69) is 5.32 Å². The van der Waals surface area contributed by atoms with Gasteiger partial charge in [-0.1, -0.05) is 53.5 Å². The molecular weight excluding hydrogens is 368 g/mol. The fourth-order valence-corrected chi connectivity index (χ4v) is 3.04. The lowest BCUT2D eigenvalue weighted by Gasteiger charge is -2.20. The van der Waals surface area contributed by atoms with Crippen molar-refractivity contribution in [3.63, 3.8) is 0 Å². The Kier molecular flexibility index (Phi) is 6.36. The fraction of sp³-hybridized carbons (Fsp3) is 0.176. The number of quaternary nitrogens is 1. The number of rotatable bonds is 5. The van der Waals surface area contributed by atoms with Gasteiger partial charge in [0.15, 0.2) is 6.04 Å². The van der Waals surface area contributed by atoms with Crippen molar-refractivity contribution in [2.45, 2.75) is 19.0 Å². The van der Waals surface area contributed by atoms with Crippen molar-refractivity contribution in [2.24, 2.45) is 5.73 Å². The van der Waals surface area contributed by atoms with Gasteiger partial charge in [0.2, 0.25) is 0 Å². The zero-order valence-corrected chi connectivity index (χ0v) is 14.8. The number of hydrogen-bond donors (Lipinski definition) is 3. The molecule has 0 heterocycles. The minimum atomic E-state index is -0.942. The summed E-state index contributed by atoms with van der Waals surface area (Å²) in [6.45, 7) is 1.77. The highest BCUT2D eigenvalue weighted by molar-refractivity contribution is 6.35. The molecule has 25 heavy (non-hydrogen) atoms. The van der Waals surface area contributed by atoms with Crippen molar-refractivity contribution in [3.05, 3.63) is 69.5 Å². The first-order valence-electron chi connectivity index (χ1n) is 7.44. The Morgan fingerprint density at radius 2 is 1.80 bits per heavy atom. The molecule has 2 aromatic rings. The lowest BCUT2D eigenvalue weighted by atomic mass is 10.0. The molecule has 0 bridgehead atoms. The van der Waals surface area contributed by atoms with Gasteiger partial charge in [-0.15, -0.1) is 0 Å². The number of hydrogen-bond acceptors (Lipinski definition) is 2. The van der Waals surface area contributed by atoms with Crippen LogP contribution in [0.5, 0.6) is 0 Å². The smallest absolute Gasteiger partial charge is 0.319 e. The number of amides is 3. The molecule has 132 valence electrons. The van der Waals surface area contributed by atoms with Crippen LogP contribution in [0, 0.1) is 5.82 Å². The number of carbonyl (C=O) groups excluding carboxylic acids is 2.